The number of ketones is 2. The molecule has 3 aromatic rings. The number of rotatable bonds is 20. The summed E-state index contributed by atoms with van der Waals surface area (Å²) in [6.45, 7) is 14.0. The van der Waals surface area contributed by atoms with Crippen molar-refractivity contribution in [2.75, 3.05) is 18.0 Å². The van der Waals surface area contributed by atoms with Crippen LogP contribution in [0.15, 0.2) is 89.2 Å². The monoisotopic (exact) mass is 838 g/mol. The number of hydrogen-bond acceptors (Lipinski definition) is 6. The van der Waals surface area contributed by atoms with Gasteiger partial charge in [0.05, 0.1) is 22.5 Å². The van der Waals surface area contributed by atoms with Crippen LogP contribution in [0.4, 0.5) is 11.4 Å². The highest BCUT2D eigenvalue weighted by Crippen LogP contribution is 2.53. The first-order valence-corrected chi connectivity index (χ1v) is 22.9. The molecule has 1 atom stereocenters. The summed E-state index contributed by atoms with van der Waals surface area (Å²) < 4.78 is 2.26. The lowest BCUT2D eigenvalue weighted by Crippen LogP contribution is -2.40. The molecule has 3 aromatic carbocycles. The van der Waals surface area contributed by atoms with Crippen LogP contribution in [0.3, 0.4) is 0 Å². The quantitative estimate of drug-likeness (QED) is 0.0847. The summed E-state index contributed by atoms with van der Waals surface area (Å²) in [5.74, 6) is -3.73. The van der Waals surface area contributed by atoms with Crippen LogP contribution < -0.4 is 10.0 Å². The van der Waals surface area contributed by atoms with Gasteiger partial charge in [0.2, 0.25) is 5.69 Å². The first-order chi connectivity index (χ1) is 29.6. The molecule has 0 fully saturated rings. The number of nitrogens with zero attached hydrogens (tertiary/aromatic N) is 2. The second-order valence-electron chi connectivity index (χ2n) is 18.7. The van der Waals surface area contributed by atoms with Gasteiger partial charge in [0, 0.05) is 64.5 Å². The van der Waals surface area contributed by atoms with Crippen molar-refractivity contribution in [1.29, 1.82) is 0 Å². The number of aromatic carboxylic acids is 2. The maximum absolute atomic E-state index is 15.0. The van der Waals surface area contributed by atoms with E-state index in [1.807, 2.05) is 32.1 Å². The average Bonchev–Trinajstić information content (AvgIpc) is 3.72. The Bertz CT molecular complexity index is 2440. The van der Waals surface area contributed by atoms with Crippen LogP contribution in [0.2, 0.25) is 0 Å². The second-order valence-corrected chi connectivity index (χ2v) is 18.7. The van der Waals surface area contributed by atoms with Crippen molar-refractivity contribution < 1.29 is 39.1 Å². The number of carbonyl (C=O) groups excluding carboxylic acids is 2. The smallest absolute Gasteiger partial charge is 0.335 e. The molecule has 9 heteroatoms. The Labute approximate surface area is 366 Å². The molecule has 0 spiro atoms. The van der Waals surface area contributed by atoms with Crippen molar-refractivity contribution in [3.8, 4) is 0 Å². The molecule has 0 radical (unpaired) electrons. The lowest BCUT2D eigenvalue weighted by molar-refractivity contribution is -0.440. The Morgan fingerprint density at radius 1 is 0.742 bits per heavy atom. The lowest BCUT2D eigenvalue weighted by Gasteiger charge is -2.35. The molecular formula is C53H62N2O7. The fourth-order valence-corrected chi connectivity index (χ4v) is 10.3. The van der Waals surface area contributed by atoms with Crippen molar-refractivity contribution in [3.63, 3.8) is 0 Å². The summed E-state index contributed by atoms with van der Waals surface area (Å²) in [7, 11) is 0. The zero-order valence-electron chi connectivity index (χ0n) is 37.4. The van der Waals surface area contributed by atoms with Crippen molar-refractivity contribution in [3.05, 3.63) is 123 Å². The summed E-state index contributed by atoms with van der Waals surface area (Å²) >= 11 is 0. The van der Waals surface area contributed by atoms with Gasteiger partial charge in [-0.15, -0.1) is 0 Å². The van der Waals surface area contributed by atoms with Gasteiger partial charge in [-0.25, -0.2) is 9.59 Å². The van der Waals surface area contributed by atoms with E-state index in [1.165, 1.54) is 19.3 Å². The highest BCUT2D eigenvalue weighted by Gasteiger charge is 2.52. The fraction of sp³-hybridized carbons (Fsp3) is 0.453. The maximum Gasteiger partial charge on any atom is 0.335 e. The summed E-state index contributed by atoms with van der Waals surface area (Å²) in [5.41, 5.74) is 5.85. The number of benzene rings is 3. The van der Waals surface area contributed by atoms with Crippen LogP contribution in [-0.4, -0.2) is 57.1 Å². The van der Waals surface area contributed by atoms with Gasteiger partial charge < -0.3 is 20.2 Å². The van der Waals surface area contributed by atoms with Gasteiger partial charge in [-0.2, -0.15) is 4.58 Å². The normalized spacial score (nSPS) is 19.1. The molecule has 326 valence electrons. The lowest BCUT2D eigenvalue weighted by atomic mass is 9.66. The number of carboxylic acids is 2. The van der Waals surface area contributed by atoms with Crippen LogP contribution >= 0.6 is 0 Å². The van der Waals surface area contributed by atoms with Gasteiger partial charge in [0.25, 0.3) is 0 Å². The minimum absolute atomic E-state index is 0.0381. The number of carbonyl (C=O) groups is 4. The Morgan fingerprint density at radius 2 is 1.32 bits per heavy atom. The zero-order chi connectivity index (χ0) is 44.5. The summed E-state index contributed by atoms with van der Waals surface area (Å²) in [6.07, 6.45) is 15.3. The molecule has 0 saturated heterocycles. The molecule has 1 unspecified atom stereocenters. The minimum Gasteiger partial charge on any atom is -0.872 e. The van der Waals surface area contributed by atoms with E-state index in [2.05, 4.69) is 37.2 Å². The molecule has 0 amide bonds. The van der Waals surface area contributed by atoms with E-state index in [9.17, 15) is 29.7 Å². The highest BCUT2D eigenvalue weighted by molar-refractivity contribution is 6.26. The molecule has 7 rings (SSSR count). The molecule has 0 saturated carbocycles. The largest absolute Gasteiger partial charge is 0.872 e. The van der Waals surface area contributed by atoms with Crippen molar-refractivity contribution in [1.82, 2.24) is 0 Å². The van der Waals surface area contributed by atoms with Gasteiger partial charge in [-0.05, 0) is 79.8 Å². The number of fused-ring (bicyclic) bond motifs is 3. The van der Waals surface area contributed by atoms with E-state index in [0.29, 0.717) is 35.4 Å². The first-order valence-electron chi connectivity index (χ1n) is 22.9. The number of allylic oxidation sites excluding steroid dienone is 5. The summed E-state index contributed by atoms with van der Waals surface area (Å²) in [6, 6.07) is 17.3. The second kappa shape index (κ2) is 18.0. The van der Waals surface area contributed by atoms with E-state index in [1.54, 1.807) is 48.5 Å². The van der Waals surface area contributed by atoms with Crippen LogP contribution in [-0.2, 0) is 15.6 Å². The molecule has 0 bridgehead atoms. The van der Waals surface area contributed by atoms with Crippen LogP contribution in [0.25, 0.3) is 5.76 Å². The van der Waals surface area contributed by atoms with Gasteiger partial charge in [-0.1, -0.05) is 116 Å². The zero-order valence-corrected chi connectivity index (χ0v) is 37.4. The van der Waals surface area contributed by atoms with Crippen LogP contribution in [0.1, 0.15) is 173 Å². The van der Waals surface area contributed by atoms with E-state index >= 15 is 4.79 Å². The Hall–Kier alpha value is -5.57. The third kappa shape index (κ3) is 7.99. The highest BCUT2D eigenvalue weighted by atomic mass is 16.4. The van der Waals surface area contributed by atoms with Gasteiger partial charge in [0.15, 0.2) is 17.3 Å². The summed E-state index contributed by atoms with van der Waals surface area (Å²) in [4.78, 5) is 56.0. The van der Waals surface area contributed by atoms with Gasteiger partial charge in [0.1, 0.15) is 6.54 Å². The molecule has 2 aliphatic heterocycles. The number of carboxylic acid groups (broad SMARTS) is 2. The molecule has 2 aliphatic carbocycles. The molecule has 62 heavy (non-hydrogen) atoms. The van der Waals surface area contributed by atoms with E-state index in [-0.39, 0.29) is 40.4 Å². The minimum atomic E-state index is -1.01. The van der Waals surface area contributed by atoms with E-state index in [4.69, 9.17) is 0 Å². The van der Waals surface area contributed by atoms with E-state index < -0.39 is 28.7 Å². The standard InChI is InChI=1S/C53H62N2O7/c1-7-9-11-13-15-19-27-54-41-25-23-33(50(59)60)29-39(41)52(3,4)43(54)31-37-45(46-48(57)35-21-17-18-22-36(35)49(46)58)38(47(37)56)32-44-53(5,6)40-30-34(51(61)62)24-26-42(40)55(44)28-20-16-14-12-10-8-2/h17-18,21-26,29-31,38H,7-16,19-20,27-28,32H2,1-6H3,(H2-,56,57,58,59,60,61,62)/b43-31+. The van der Waals surface area contributed by atoms with Gasteiger partial charge in [-0.3, -0.25) is 9.59 Å². The maximum atomic E-state index is 15.0. The third-order valence-corrected chi connectivity index (χ3v) is 13.9. The Morgan fingerprint density at radius 3 is 1.95 bits per heavy atom. The Kier molecular flexibility index (Phi) is 12.9. The molecule has 9 nitrogen and oxygen atoms in total. The number of anilines is 1. The van der Waals surface area contributed by atoms with E-state index in [0.717, 1.165) is 91.7 Å². The molecule has 4 aliphatic rings. The predicted octanol–water partition coefficient (Wildman–Crippen LogP) is 10.7. The van der Waals surface area contributed by atoms with Crippen molar-refractivity contribution in [2.24, 2.45) is 5.92 Å². The fourth-order valence-electron chi connectivity index (χ4n) is 10.3. The van der Waals surface area contributed by atoms with Crippen LogP contribution in [0, 0.1) is 5.92 Å². The molecular weight excluding hydrogens is 777 g/mol. The summed E-state index contributed by atoms with van der Waals surface area (Å²) in [5, 5.41) is 34.4. The Balaban J connectivity index is 1.35. The number of unbranched alkanes of at least 4 members (excludes halogenated alkanes) is 10. The molecule has 2 N–H and O–H groups in total. The van der Waals surface area contributed by atoms with Crippen LogP contribution in [0.5, 0.6) is 0 Å². The number of Topliss-reactive ketones (excluding diaryl/α,β-unsaturated/α-hetero) is 2. The van der Waals surface area contributed by atoms with Crippen molar-refractivity contribution in [2.45, 2.75) is 136 Å². The third-order valence-electron chi connectivity index (χ3n) is 13.9. The van der Waals surface area contributed by atoms with Gasteiger partial charge >= 0.3 is 11.9 Å². The average molecular weight is 839 g/mol. The predicted molar refractivity (Wildman–Crippen MR) is 243 cm³/mol. The van der Waals surface area contributed by atoms with Crippen molar-refractivity contribution >= 4 is 46.4 Å². The SMILES string of the molecule is CCCCCCCCN1/C(=C/C2=C(C3=C([O-])c4ccccc4C3=O)C(CC3=[N+](CCCCCCCC)c4ccc(C(=O)O)cc4C3(C)C)C2=O)C(C)(C)c2cc(C(=O)O)ccc21. The number of hydrogen-bond donors (Lipinski definition) is 2. The molecule has 2 heterocycles. The molecule has 0 aromatic heterocycles. The topological polar surface area (TPSA) is 138 Å². The first kappa shape index (κ1) is 44.5.